The van der Waals surface area contributed by atoms with E-state index < -0.39 is 0 Å². The van der Waals surface area contributed by atoms with Gasteiger partial charge in [-0.1, -0.05) is 34.6 Å². The number of carbonyl (C=O) groups excluding carboxylic acids is 1. The van der Waals surface area contributed by atoms with E-state index in [1.807, 2.05) is 7.05 Å². The second-order valence-electron chi connectivity index (χ2n) is 5.38. The van der Waals surface area contributed by atoms with Crippen molar-refractivity contribution in [3.05, 3.63) is 0 Å². The van der Waals surface area contributed by atoms with Gasteiger partial charge in [0.1, 0.15) is 5.78 Å². The fraction of sp³-hybridized carbons (Fsp3) is 0.909. The fourth-order valence-corrected chi connectivity index (χ4v) is 1.02. The summed E-state index contributed by atoms with van der Waals surface area (Å²) in [6.07, 6.45) is 0.650. The fourth-order valence-electron chi connectivity index (χ4n) is 1.02. The summed E-state index contributed by atoms with van der Waals surface area (Å²) >= 11 is 0. The van der Waals surface area contributed by atoms with E-state index in [9.17, 15) is 4.79 Å². The molecule has 0 radical (unpaired) electrons. The van der Waals surface area contributed by atoms with Gasteiger partial charge in [-0.2, -0.15) is 0 Å². The Hall–Kier alpha value is -0.370. The molecule has 2 nitrogen and oxygen atoms in total. The predicted molar refractivity (Wildman–Crippen MR) is 56.8 cm³/mol. The van der Waals surface area contributed by atoms with Crippen molar-refractivity contribution in [2.75, 3.05) is 13.6 Å². The summed E-state index contributed by atoms with van der Waals surface area (Å²) in [5, 5.41) is 2.89. The van der Waals surface area contributed by atoms with Crippen molar-refractivity contribution in [1.82, 2.24) is 5.32 Å². The molecule has 0 amide bonds. The van der Waals surface area contributed by atoms with Crippen LogP contribution in [0.5, 0.6) is 0 Å². The Labute approximate surface area is 82.1 Å². The van der Waals surface area contributed by atoms with Gasteiger partial charge in [-0.15, -0.1) is 0 Å². The monoisotopic (exact) mass is 185 g/mol. The van der Waals surface area contributed by atoms with E-state index in [4.69, 9.17) is 0 Å². The highest BCUT2D eigenvalue weighted by molar-refractivity contribution is 5.81. The van der Waals surface area contributed by atoms with Crippen LogP contribution < -0.4 is 5.32 Å². The molecule has 0 rings (SSSR count). The quantitative estimate of drug-likeness (QED) is 0.727. The molecule has 0 aromatic heterocycles. The minimum absolute atomic E-state index is 0.0704. The van der Waals surface area contributed by atoms with Crippen LogP contribution in [0.15, 0.2) is 0 Å². The lowest BCUT2D eigenvalue weighted by Gasteiger charge is -2.38. The molecule has 0 unspecified atom stereocenters. The maximum atomic E-state index is 11.4. The Morgan fingerprint density at radius 3 is 1.92 bits per heavy atom. The maximum Gasteiger partial charge on any atom is 0.147 e. The van der Waals surface area contributed by atoms with Crippen molar-refractivity contribution in [3.63, 3.8) is 0 Å². The highest BCUT2D eigenvalue weighted by Gasteiger charge is 2.34. The SMILES string of the molecule is CNCC(=O)CC(C)(C)C(C)(C)C. The molecular weight excluding hydrogens is 162 g/mol. The number of hydrogen-bond acceptors (Lipinski definition) is 2. The topological polar surface area (TPSA) is 29.1 Å². The van der Waals surface area contributed by atoms with Gasteiger partial charge in [0.2, 0.25) is 0 Å². The van der Waals surface area contributed by atoms with Crippen molar-refractivity contribution >= 4 is 5.78 Å². The molecule has 0 heterocycles. The third kappa shape index (κ3) is 3.90. The van der Waals surface area contributed by atoms with Crippen LogP contribution in [0.4, 0.5) is 0 Å². The molecule has 0 spiro atoms. The van der Waals surface area contributed by atoms with E-state index >= 15 is 0 Å². The van der Waals surface area contributed by atoms with Crippen molar-refractivity contribution in [3.8, 4) is 0 Å². The molecule has 13 heavy (non-hydrogen) atoms. The number of rotatable bonds is 4. The number of likely N-dealkylation sites (N-methyl/N-ethyl adjacent to an activating group) is 1. The molecule has 78 valence electrons. The van der Waals surface area contributed by atoms with Crippen LogP contribution in [0.1, 0.15) is 41.0 Å². The molecular formula is C11H23NO. The molecule has 0 fully saturated rings. The molecule has 2 heteroatoms. The molecule has 0 aromatic rings. The lowest BCUT2D eigenvalue weighted by atomic mass is 9.67. The number of hydrogen-bond donors (Lipinski definition) is 1. The number of Topliss-reactive ketones (excluding diaryl/α,β-unsaturated/α-hetero) is 1. The van der Waals surface area contributed by atoms with Crippen LogP contribution in [0, 0.1) is 10.8 Å². The summed E-state index contributed by atoms with van der Waals surface area (Å²) in [6.45, 7) is 11.3. The zero-order valence-electron chi connectivity index (χ0n) is 9.82. The van der Waals surface area contributed by atoms with Crippen LogP contribution in [-0.2, 0) is 4.79 Å². The molecule has 0 saturated heterocycles. The normalized spacial score (nSPS) is 13.1. The van der Waals surface area contributed by atoms with Crippen molar-refractivity contribution < 1.29 is 4.79 Å². The molecule has 0 bridgehead atoms. The van der Waals surface area contributed by atoms with E-state index in [2.05, 4.69) is 39.9 Å². The summed E-state index contributed by atoms with van der Waals surface area (Å²) in [5.74, 6) is 0.294. The molecule has 0 aliphatic carbocycles. The van der Waals surface area contributed by atoms with Crippen LogP contribution in [-0.4, -0.2) is 19.4 Å². The van der Waals surface area contributed by atoms with Crippen LogP contribution in [0.2, 0.25) is 0 Å². The Morgan fingerprint density at radius 2 is 1.62 bits per heavy atom. The van der Waals surface area contributed by atoms with E-state index in [0.717, 1.165) is 0 Å². The van der Waals surface area contributed by atoms with Crippen molar-refractivity contribution in [2.24, 2.45) is 10.8 Å². The lowest BCUT2D eigenvalue weighted by Crippen LogP contribution is -2.34. The van der Waals surface area contributed by atoms with Crippen molar-refractivity contribution in [1.29, 1.82) is 0 Å². The Morgan fingerprint density at radius 1 is 1.15 bits per heavy atom. The van der Waals surface area contributed by atoms with Crippen molar-refractivity contribution in [2.45, 2.75) is 41.0 Å². The van der Waals surface area contributed by atoms with E-state index in [0.29, 0.717) is 18.7 Å². The summed E-state index contributed by atoms with van der Waals surface area (Å²) in [6, 6.07) is 0. The second-order valence-corrected chi connectivity index (χ2v) is 5.38. The smallest absolute Gasteiger partial charge is 0.147 e. The van der Waals surface area contributed by atoms with Gasteiger partial charge in [-0.3, -0.25) is 4.79 Å². The summed E-state index contributed by atoms with van der Waals surface area (Å²) in [5.41, 5.74) is 0.247. The van der Waals surface area contributed by atoms with Gasteiger partial charge < -0.3 is 5.32 Å². The summed E-state index contributed by atoms with van der Waals surface area (Å²) < 4.78 is 0. The molecule has 0 aliphatic rings. The zero-order chi connectivity index (χ0) is 10.7. The third-order valence-corrected chi connectivity index (χ3v) is 3.04. The first-order valence-electron chi connectivity index (χ1n) is 4.87. The Kier molecular flexibility index (Phi) is 4.11. The number of carbonyl (C=O) groups is 1. The summed E-state index contributed by atoms with van der Waals surface area (Å²) in [7, 11) is 1.81. The molecule has 0 aliphatic heterocycles. The maximum absolute atomic E-state index is 11.4. The van der Waals surface area contributed by atoms with Gasteiger partial charge in [0, 0.05) is 6.42 Å². The van der Waals surface area contributed by atoms with Crippen LogP contribution >= 0.6 is 0 Å². The standard InChI is InChI=1S/C11H23NO/c1-10(2,3)11(4,5)7-9(13)8-12-6/h12H,7-8H2,1-6H3. The lowest BCUT2D eigenvalue weighted by molar-refractivity contribution is -0.121. The highest BCUT2D eigenvalue weighted by Crippen LogP contribution is 2.40. The van der Waals surface area contributed by atoms with E-state index in [-0.39, 0.29) is 10.8 Å². The largest absolute Gasteiger partial charge is 0.313 e. The first-order chi connectivity index (χ1) is 5.70. The van der Waals surface area contributed by atoms with Crippen LogP contribution in [0.3, 0.4) is 0 Å². The Balaban J connectivity index is 4.26. The third-order valence-electron chi connectivity index (χ3n) is 3.04. The second kappa shape index (κ2) is 4.23. The minimum Gasteiger partial charge on any atom is -0.313 e. The highest BCUT2D eigenvalue weighted by atomic mass is 16.1. The zero-order valence-corrected chi connectivity index (χ0v) is 9.82. The average molecular weight is 185 g/mol. The van der Waals surface area contributed by atoms with E-state index in [1.54, 1.807) is 0 Å². The van der Waals surface area contributed by atoms with Gasteiger partial charge in [0.05, 0.1) is 6.54 Å². The van der Waals surface area contributed by atoms with Gasteiger partial charge >= 0.3 is 0 Å². The van der Waals surface area contributed by atoms with Gasteiger partial charge in [0.15, 0.2) is 0 Å². The number of nitrogens with one attached hydrogen (secondary N) is 1. The summed E-state index contributed by atoms with van der Waals surface area (Å²) in [4.78, 5) is 11.4. The molecule has 0 atom stereocenters. The first kappa shape index (κ1) is 12.6. The molecule has 1 N–H and O–H groups in total. The van der Waals surface area contributed by atoms with Gasteiger partial charge in [-0.05, 0) is 17.9 Å². The number of ketones is 1. The van der Waals surface area contributed by atoms with Gasteiger partial charge in [0.25, 0.3) is 0 Å². The average Bonchev–Trinajstić information content (AvgIpc) is 1.83. The predicted octanol–water partition coefficient (Wildman–Crippen LogP) is 2.24. The molecule has 0 saturated carbocycles. The molecule has 0 aromatic carbocycles. The van der Waals surface area contributed by atoms with Gasteiger partial charge in [-0.25, -0.2) is 0 Å². The minimum atomic E-state index is 0.0704. The van der Waals surface area contributed by atoms with E-state index in [1.165, 1.54) is 0 Å². The Bertz CT molecular complexity index is 177. The van der Waals surface area contributed by atoms with Crippen LogP contribution in [0.25, 0.3) is 0 Å². The first-order valence-corrected chi connectivity index (χ1v) is 4.87.